The molecule has 0 bridgehead atoms. The number of hydrogen-bond acceptors (Lipinski definition) is 5. The van der Waals surface area contributed by atoms with Gasteiger partial charge < -0.3 is 14.0 Å². The van der Waals surface area contributed by atoms with Crippen molar-refractivity contribution in [3.05, 3.63) is 12.3 Å². The number of rotatable bonds is 2. The summed E-state index contributed by atoms with van der Waals surface area (Å²) in [7, 11) is 0. The molecule has 5 heteroatoms. The van der Waals surface area contributed by atoms with Gasteiger partial charge in [-0.3, -0.25) is 0 Å². The van der Waals surface area contributed by atoms with Crippen LogP contribution in [0, 0.1) is 0 Å². The normalized spacial score (nSPS) is 9.18. The summed E-state index contributed by atoms with van der Waals surface area (Å²) < 4.78 is 13.4. The predicted molar refractivity (Wildman–Crippen MR) is 34.2 cm³/mol. The number of carbonyl (C=O) groups is 1. The summed E-state index contributed by atoms with van der Waals surface area (Å²) in [6, 6.07) is 1.41. The van der Waals surface area contributed by atoms with Crippen LogP contribution in [0.5, 0.6) is 5.88 Å². The SMILES string of the molecule is CCOC(=O)Oc1ccon1. The molecule has 0 N–H and O–H groups in total. The second-order valence-electron chi connectivity index (χ2n) is 1.62. The van der Waals surface area contributed by atoms with Crippen LogP contribution in [0.2, 0.25) is 0 Å². The van der Waals surface area contributed by atoms with Gasteiger partial charge in [0.15, 0.2) is 0 Å². The number of hydrogen-bond donors (Lipinski definition) is 0. The molecule has 0 radical (unpaired) electrons. The van der Waals surface area contributed by atoms with Gasteiger partial charge in [-0.1, -0.05) is 0 Å². The molecule has 0 aliphatic rings. The van der Waals surface area contributed by atoms with E-state index < -0.39 is 6.16 Å². The molecule has 0 saturated carbocycles. The van der Waals surface area contributed by atoms with Crippen LogP contribution in [0.15, 0.2) is 16.9 Å². The van der Waals surface area contributed by atoms with Gasteiger partial charge in [0.1, 0.15) is 6.26 Å². The summed E-state index contributed by atoms with van der Waals surface area (Å²) in [5, 5.41) is 3.34. The average molecular weight is 157 g/mol. The first kappa shape index (κ1) is 7.59. The number of ether oxygens (including phenoxy) is 2. The Morgan fingerprint density at radius 1 is 1.82 bits per heavy atom. The molecule has 0 aliphatic carbocycles. The molecular weight excluding hydrogens is 150 g/mol. The Morgan fingerprint density at radius 2 is 2.64 bits per heavy atom. The molecule has 11 heavy (non-hydrogen) atoms. The second-order valence-corrected chi connectivity index (χ2v) is 1.62. The highest BCUT2D eigenvalue weighted by atomic mass is 16.7. The van der Waals surface area contributed by atoms with E-state index in [9.17, 15) is 4.79 Å². The Bertz CT molecular complexity index is 218. The standard InChI is InChI=1S/C6H7NO4/c1-2-9-6(8)11-5-3-4-10-7-5/h3-4H,2H2,1H3. The van der Waals surface area contributed by atoms with Gasteiger partial charge in [0.2, 0.25) is 0 Å². The van der Waals surface area contributed by atoms with E-state index in [4.69, 9.17) is 0 Å². The molecule has 0 unspecified atom stereocenters. The van der Waals surface area contributed by atoms with Crippen LogP contribution in [-0.2, 0) is 4.74 Å². The van der Waals surface area contributed by atoms with Crippen LogP contribution in [0.4, 0.5) is 4.79 Å². The predicted octanol–water partition coefficient (Wildman–Crippen LogP) is 1.21. The number of aromatic nitrogens is 1. The third-order valence-electron chi connectivity index (χ3n) is 0.864. The van der Waals surface area contributed by atoms with Crippen molar-refractivity contribution in [3.63, 3.8) is 0 Å². The summed E-state index contributed by atoms with van der Waals surface area (Å²) in [4.78, 5) is 10.6. The van der Waals surface area contributed by atoms with Crippen molar-refractivity contribution in [1.82, 2.24) is 5.16 Å². The van der Waals surface area contributed by atoms with Crippen molar-refractivity contribution < 1.29 is 18.8 Å². The molecule has 0 saturated heterocycles. The monoisotopic (exact) mass is 157 g/mol. The first-order valence-electron chi connectivity index (χ1n) is 3.08. The first-order valence-corrected chi connectivity index (χ1v) is 3.08. The van der Waals surface area contributed by atoms with Crippen molar-refractivity contribution in [3.8, 4) is 5.88 Å². The first-order chi connectivity index (χ1) is 5.33. The van der Waals surface area contributed by atoms with Crippen molar-refractivity contribution in [2.24, 2.45) is 0 Å². The van der Waals surface area contributed by atoms with Crippen LogP contribution in [0.1, 0.15) is 6.92 Å². The smallest absolute Gasteiger partial charge is 0.434 e. The molecule has 0 amide bonds. The van der Waals surface area contributed by atoms with Gasteiger partial charge in [-0.15, -0.1) is 0 Å². The Kier molecular flexibility index (Phi) is 2.48. The maximum atomic E-state index is 10.6. The van der Waals surface area contributed by atoms with E-state index in [0.717, 1.165) is 0 Å². The van der Waals surface area contributed by atoms with E-state index >= 15 is 0 Å². The highest BCUT2D eigenvalue weighted by Gasteiger charge is 2.05. The largest absolute Gasteiger partial charge is 0.515 e. The van der Waals surface area contributed by atoms with Gasteiger partial charge in [-0.2, -0.15) is 0 Å². The second kappa shape index (κ2) is 3.60. The molecule has 1 aromatic heterocycles. The molecule has 1 heterocycles. The number of nitrogens with zero attached hydrogens (tertiary/aromatic N) is 1. The average Bonchev–Trinajstić information content (AvgIpc) is 2.40. The molecule has 0 spiro atoms. The summed E-state index contributed by atoms with van der Waals surface area (Å²) in [5.74, 6) is 0.100. The lowest BCUT2D eigenvalue weighted by Crippen LogP contribution is -2.09. The summed E-state index contributed by atoms with van der Waals surface area (Å²) in [6.45, 7) is 1.96. The Labute approximate surface area is 62.9 Å². The Morgan fingerprint density at radius 3 is 3.18 bits per heavy atom. The molecule has 0 aliphatic heterocycles. The highest BCUT2D eigenvalue weighted by Crippen LogP contribution is 2.04. The Hall–Kier alpha value is -1.52. The zero-order valence-corrected chi connectivity index (χ0v) is 5.94. The molecule has 0 atom stereocenters. The quantitative estimate of drug-likeness (QED) is 0.604. The van der Waals surface area contributed by atoms with Gasteiger partial charge in [0.05, 0.1) is 6.61 Å². The molecule has 0 aromatic carbocycles. The maximum Gasteiger partial charge on any atom is 0.515 e. The van der Waals surface area contributed by atoms with E-state index in [1.54, 1.807) is 6.92 Å². The van der Waals surface area contributed by atoms with E-state index in [1.165, 1.54) is 12.3 Å². The zero-order valence-electron chi connectivity index (χ0n) is 5.94. The molecule has 60 valence electrons. The lowest BCUT2D eigenvalue weighted by atomic mass is 10.7. The topological polar surface area (TPSA) is 61.6 Å². The van der Waals surface area contributed by atoms with Gasteiger partial charge in [-0.25, -0.2) is 4.79 Å². The molecule has 0 fully saturated rings. The van der Waals surface area contributed by atoms with Crippen LogP contribution < -0.4 is 4.74 Å². The van der Waals surface area contributed by atoms with Crippen molar-refractivity contribution in [2.75, 3.05) is 6.61 Å². The molecule has 1 aromatic rings. The van der Waals surface area contributed by atoms with Crippen LogP contribution in [-0.4, -0.2) is 17.9 Å². The van der Waals surface area contributed by atoms with Crippen LogP contribution in [0.3, 0.4) is 0 Å². The van der Waals surface area contributed by atoms with Gasteiger partial charge >= 0.3 is 6.16 Å². The van der Waals surface area contributed by atoms with Gasteiger partial charge in [-0.05, 0) is 12.1 Å². The third kappa shape index (κ3) is 2.29. The van der Waals surface area contributed by atoms with E-state index in [2.05, 4.69) is 19.2 Å². The summed E-state index contributed by atoms with van der Waals surface area (Å²) in [6.07, 6.45) is 0.524. The van der Waals surface area contributed by atoms with Crippen molar-refractivity contribution >= 4 is 6.16 Å². The fraction of sp³-hybridized carbons (Fsp3) is 0.333. The summed E-state index contributed by atoms with van der Waals surface area (Å²) in [5.41, 5.74) is 0. The minimum atomic E-state index is -0.776. The van der Waals surface area contributed by atoms with Crippen molar-refractivity contribution in [1.29, 1.82) is 0 Å². The zero-order chi connectivity index (χ0) is 8.10. The third-order valence-corrected chi connectivity index (χ3v) is 0.864. The van der Waals surface area contributed by atoms with Crippen LogP contribution >= 0.6 is 0 Å². The van der Waals surface area contributed by atoms with Gasteiger partial charge in [0, 0.05) is 6.07 Å². The Balaban J connectivity index is 2.37. The molecule has 5 nitrogen and oxygen atoms in total. The highest BCUT2D eigenvalue weighted by molar-refractivity contribution is 5.62. The fourth-order valence-electron chi connectivity index (χ4n) is 0.487. The van der Waals surface area contributed by atoms with Crippen LogP contribution in [0.25, 0.3) is 0 Å². The van der Waals surface area contributed by atoms with E-state index in [-0.39, 0.29) is 12.5 Å². The van der Waals surface area contributed by atoms with Crippen molar-refractivity contribution in [2.45, 2.75) is 6.92 Å². The molecule has 1 rings (SSSR count). The number of carbonyl (C=O) groups excluding carboxylic acids is 1. The van der Waals surface area contributed by atoms with Gasteiger partial charge in [0.25, 0.3) is 5.88 Å². The minimum absolute atomic E-state index is 0.100. The fourth-order valence-corrected chi connectivity index (χ4v) is 0.487. The summed E-state index contributed by atoms with van der Waals surface area (Å²) >= 11 is 0. The minimum Gasteiger partial charge on any atom is -0.434 e. The maximum absolute atomic E-state index is 10.6. The van der Waals surface area contributed by atoms with E-state index in [0.29, 0.717) is 0 Å². The van der Waals surface area contributed by atoms with E-state index in [1.807, 2.05) is 0 Å². The molecular formula is C6H7NO4. The lowest BCUT2D eigenvalue weighted by Gasteiger charge is -1.97. The lowest BCUT2D eigenvalue weighted by molar-refractivity contribution is 0.101.